The molecule has 0 bridgehead atoms. The molecule has 0 aliphatic heterocycles. The third kappa shape index (κ3) is 4.65. The van der Waals surface area contributed by atoms with E-state index in [9.17, 15) is 0 Å². The van der Waals surface area contributed by atoms with Crippen LogP contribution in [0.3, 0.4) is 0 Å². The molecule has 0 amide bonds. The number of aromatic nitrogens is 2. The fourth-order valence-corrected chi connectivity index (χ4v) is 3.34. The topological polar surface area (TPSA) is 49.8 Å². The van der Waals surface area contributed by atoms with Gasteiger partial charge in [0.15, 0.2) is 0 Å². The molecule has 0 saturated heterocycles. The van der Waals surface area contributed by atoms with Gasteiger partial charge in [0.05, 0.1) is 0 Å². The van der Waals surface area contributed by atoms with E-state index in [4.69, 9.17) is 0 Å². The molecule has 0 saturated carbocycles. The molecule has 0 unspecified atom stereocenters. The highest BCUT2D eigenvalue weighted by Gasteiger charge is 2.02. The average Bonchev–Trinajstić information content (AvgIpc) is 2.75. The molecular formula is C24H24N4. The lowest BCUT2D eigenvalue weighted by atomic mass is 10.0. The Morgan fingerprint density at radius 3 is 2.39 bits per heavy atom. The van der Waals surface area contributed by atoms with Crippen LogP contribution >= 0.6 is 0 Å². The van der Waals surface area contributed by atoms with Crippen molar-refractivity contribution in [2.45, 2.75) is 12.8 Å². The van der Waals surface area contributed by atoms with E-state index in [2.05, 4.69) is 87.3 Å². The van der Waals surface area contributed by atoms with Crippen molar-refractivity contribution in [3.63, 3.8) is 0 Å². The van der Waals surface area contributed by atoms with Crippen molar-refractivity contribution in [1.82, 2.24) is 9.97 Å². The maximum absolute atomic E-state index is 4.56. The first-order valence-corrected chi connectivity index (χ1v) is 9.70. The van der Waals surface area contributed by atoms with Crippen LogP contribution in [0, 0.1) is 0 Å². The van der Waals surface area contributed by atoms with Crippen LogP contribution in [0.25, 0.3) is 10.8 Å². The Labute approximate surface area is 165 Å². The summed E-state index contributed by atoms with van der Waals surface area (Å²) in [7, 11) is 0. The van der Waals surface area contributed by atoms with Gasteiger partial charge in [-0.05, 0) is 40.8 Å². The third-order valence-corrected chi connectivity index (χ3v) is 4.78. The number of hydrogen-bond donors (Lipinski definition) is 2. The minimum atomic E-state index is 0.658. The van der Waals surface area contributed by atoms with Crippen molar-refractivity contribution < 1.29 is 0 Å². The zero-order chi connectivity index (χ0) is 19.0. The summed E-state index contributed by atoms with van der Waals surface area (Å²) in [6.07, 6.45) is 3.68. The highest BCUT2D eigenvalue weighted by Crippen LogP contribution is 2.19. The van der Waals surface area contributed by atoms with Gasteiger partial charge < -0.3 is 10.6 Å². The second kappa shape index (κ2) is 9.00. The van der Waals surface area contributed by atoms with Gasteiger partial charge in [0.25, 0.3) is 0 Å². The molecule has 3 aromatic carbocycles. The zero-order valence-corrected chi connectivity index (χ0v) is 15.8. The molecule has 4 aromatic rings. The van der Waals surface area contributed by atoms with Gasteiger partial charge in [-0.25, -0.2) is 4.98 Å². The van der Waals surface area contributed by atoms with E-state index in [1.165, 1.54) is 21.9 Å². The molecule has 1 aromatic heterocycles. The standard InChI is InChI=1S/C24H24N4/c1-2-7-19(8-3-1)13-16-26-24-27-18-15-23(28-24)25-17-14-21-11-6-10-20-9-4-5-12-22(20)21/h1-12,15,18H,13-14,16-17H2,(H2,25,26,27,28). The van der Waals surface area contributed by atoms with Gasteiger partial charge in [0.1, 0.15) is 5.82 Å². The minimum absolute atomic E-state index is 0.658. The van der Waals surface area contributed by atoms with Crippen molar-refractivity contribution in [3.05, 3.63) is 96.2 Å². The molecule has 0 atom stereocenters. The van der Waals surface area contributed by atoms with Crippen LogP contribution in [-0.4, -0.2) is 23.1 Å². The first-order chi connectivity index (χ1) is 13.9. The SMILES string of the molecule is c1ccc(CCNc2nccc(NCCc3cccc4ccccc34)n2)cc1. The van der Waals surface area contributed by atoms with Gasteiger partial charge in [0.2, 0.25) is 5.95 Å². The van der Waals surface area contributed by atoms with E-state index < -0.39 is 0 Å². The molecular weight excluding hydrogens is 344 g/mol. The first kappa shape index (κ1) is 18.0. The Hall–Kier alpha value is -3.40. The summed E-state index contributed by atoms with van der Waals surface area (Å²) in [5, 5.41) is 9.32. The average molecular weight is 368 g/mol. The lowest BCUT2D eigenvalue weighted by molar-refractivity contribution is 0.972. The molecule has 0 spiro atoms. The lowest BCUT2D eigenvalue weighted by Gasteiger charge is -2.10. The molecule has 4 nitrogen and oxygen atoms in total. The van der Waals surface area contributed by atoms with Crippen LogP contribution in [0.4, 0.5) is 11.8 Å². The molecule has 0 fully saturated rings. The zero-order valence-electron chi connectivity index (χ0n) is 15.8. The van der Waals surface area contributed by atoms with Gasteiger partial charge in [-0.1, -0.05) is 72.8 Å². The second-order valence-electron chi connectivity index (χ2n) is 6.74. The van der Waals surface area contributed by atoms with E-state index in [0.717, 1.165) is 31.7 Å². The number of anilines is 2. The Bertz CT molecular complexity index is 1030. The van der Waals surface area contributed by atoms with Gasteiger partial charge in [-0.3, -0.25) is 0 Å². The van der Waals surface area contributed by atoms with E-state index in [-0.39, 0.29) is 0 Å². The summed E-state index contributed by atoms with van der Waals surface area (Å²) in [5.41, 5.74) is 2.65. The highest BCUT2D eigenvalue weighted by atomic mass is 15.1. The number of nitrogens with zero attached hydrogens (tertiary/aromatic N) is 2. The summed E-state index contributed by atoms with van der Waals surface area (Å²) < 4.78 is 0. The van der Waals surface area contributed by atoms with E-state index >= 15 is 0 Å². The van der Waals surface area contributed by atoms with Crippen LogP contribution in [0.5, 0.6) is 0 Å². The lowest BCUT2D eigenvalue weighted by Crippen LogP contribution is -2.11. The highest BCUT2D eigenvalue weighted by molar-refractivity contribution is 5.85. The molecule has 0 aliphatic rings. The minimum Gasteiger partial charge on any atom is -0.370 e. The Kier molecular flexibility index (Phi) is 5.78. The predicted molar refractivity (Wildman–Crippen MR) is 117 cm³/mol. The Balaban J connectivity index is 1.31. The van der Waals surface area contributed by atoms with Crippen LogP contribution in [0.1, 0.15) is 11.1 Å². The molecule has 1 heterocycles. The third-order valence-electron chi connectivity index (χ3n) is 4.78. The van der Waals surface area contributed by atoms with Crippen molar-refractivity contribution >= 4 is 22.5 Å². The molecule has 4 rings (SSSR count). The quantitative estimate of drug-likeness (QED) is 0.462. The molecule has 28 heavy (non-hydrogen) atoms. The molecule has 2 N–H and O–H groups in total. The number of benzene rings is 3. The molecule has 0 radical (unpaired) electrons. The Morgan fingerprint density at radius 1 is 0.679 bits per heavy atom. The fourth-order valence-electron chi connectivity index (χ4n) is 3.34. The Morgan fingerprint density at radius 2 is 1.46 bits per heavy atom. The van der Waals surface area contributed by atoms with Gasteiger partial charge in [-0.2, -0.15) is 4.98 Å². The summed E-state index contributed by atoms with van der Waals surface area (Å²) in [6, 6.07) is 27.3. The second-order valence-corrected chi connectivity index (χ2v) is 6.74. The molecule has 4 heteroatoms. The van der Waals surface area contributed by atoms with Gasteiger partial charge >= 0.3 is 0 Å². The maximum Gasteiger partial charge on any atom is 0.224 e. The normalized spacial score (nSPS) is 10.7. The van der Waals surface area contributed by atoms with Crippen LogP contribution in [0.2, 0.25) is 0 Å². The van der Waals surface area contributed by atoms with Crippen molar-refractivity contribution in [3.8, 4) is 0 Å². The van der Waals surface area contributed by atoms with E-state index in [1.807, 2.05) is 12.1 Å². The van der Waals surface area contributed by atoms with E-state index in [1.54, 1.807) is 6.20 Å². The summed E-state index contributed by atoms with van der Waals surface area (Å²) in [6.45, 7) is 1.64. The van der Waals surface area contributed by atoms with Crippen LogP contribution in [0.15, 0.2) is 85.1 Å². The van der Waals surface area contributed by atoms with E-state index in [0.29, 0.717) is 5.95 Å². The van der Waals surface area contributed by atoms with Crippen molar-refractivity contribution in [2.75, 3.05) is 23.7 Å². The predicted octanol–water partition coefficient (Wildman–Crippen LogP) is 4.94. The van der Waals surface area contributed by atoms with Crippen LogP contribution in [-0.2, 0) is 12.8 Å². The van der Waals surface area contributed by atoms with Gasteiger partial charge in [-0.15, -0.1) is 0 Å². The number of nitrogens with one attached hydrogen (secondary N) is 2. The monoisotopic (exact) mass is 368 g/mol. The number of rotatable bonds is 8. The smallest absolute Gasteiger partial charge is 0.224 e. The fraction of sp³-hybridized carbons (Fsp3) is 0.167. The largest absolute Gasteiger partial charge is 0.370 e. The van der Waals surface area contributed by atoms with Crippen LogP contribution < -0.4 is 10.6 Å². The first-order valence-electron chi connectivity index (χ1n) is 9.70. The van der Waals surface area contributed by atoms with Crippen molar-refractivity contribution in [2.24, 2.45) is 0 Å². The van der Waals surface area contributed by atoms with Crippen molar-refractivity contribution in [1.29, 1.82) is 0 Å². The summed E-state index contributed by atoms with van der Waals surface area (Å²) in [4.78, 5) is 8.88. The summed E-state index contributed by atoms with van der Waals surface area (Å²) in [5.74, 6) is 1.50. The molecule has 0 aliphatic carbocycles. The summed E-state index contributed by atoms with van der Waals surface area (Å²) >= 11 is 0. The number of hydrogen-bond acceptors (Lipinski definition) is 4. The number of fused-ring (bicyclic) bond motifs is 1. The molecule has 140 valence electrons. The van der Waals surface area contributed by atoms with Gasteiger partial charge in [0, 0.05) is 19.3 Å². The maximum atomic E-state index is 4.56.